The molecule has 0 saturated carbocycles. The van der Waals surface area contributed by atoms with Gasteiger partial charge in [-0.25, -0.2) is 4.39 Å². The molecule has 6 heteroatoms. The van der Waals surface area contributed by atoms with Crippen LogP contribution in [0.5, 0.6) is 0 Å². The molecule has 0 saturated heterocycles. The Morgan fingerprint density at radius 1 is 1.61 bits per heavy atom. The molecule has 1 rings (SSSR count). The highest BCUT2D eigenvalue weighted by Gasteiger charge is 2.22. The van der Waals surface area contributed by atoms with Crippen molar-refractivity contribution in [2.24, 2.45) is 0 Å². The highest BCUT2D eigenvalue weighted by atomic mass is 35.5. The zero-order valence-electron chi connectivity index (χ0n) is 9.98. The van der Waals surface area contributed by atoms with Crippen LogP contribution in [0.25, 0.3) is 0 Å². The van der Waals surface area contributed by atoms with Crippen molar-refractivity contribution in [3.8, 4) is 0 Å². The van der Waals surface area contributed by atoms with Gasteiger partial charge in [0.25, 0.3) is 0 Å². The average Bonchev–Trinajstić information content (AvgIpc) is 2.35. The summed E-state index contributed by atoms with van der Waals surface area (Å²) in [5.41, 5.74) is 0.662. The molecule has 0 fully saturated rings. The van der Waals surface area contributed by atoms with Gasteiger partial charge < -0.3 is 9.69 Å². The zero-order valence-corrected chi connectivity index (χ0v) is 11.6. The molecule has 98 valence electrons. The average molecular weight is 290 g/mol. The Kier molecular flexibility index (Phi) is 5.16. The Labute approximate surface area is 115 Å². The number of benzene rings is 1. The standard InChI is InChI=1S/C12H13ClFNO2S/c1-7-3-4-8(11(14)10(7)13)15(2)12(17)9(18)5-6-16/h3-4,6,9,18H,5H2,1-2H3. The minimum Gasteiger partial charge on any atom is -0.312 e. The number of anilines is 1. The van der Waals surface area contributed by atoms with Crippen LogP contribution in [0.1, 0.15) is 12.0 Å². The van der Waals surface area contributed by atoms with Gasteiger partial charge in [-0.1, -0.05) is 17.7 Å². The van der Waals surface area contributed by atoms with E-state index in [-0.39, 0.29) is 17.1 Å². The first-order valence-electron chi connectivity index (χ1n) is 5.24. The minimum absolute atomic E-state index is 0.0155. The van der Waals surface area contributed by atoms with Gasteiger partial charge in [0, 0.05) is 13.5 Å². The third-order valence-electron chi connectivity index (χ3n) is 2.55. The van der Waals surface area contributed by atoms with Crippen LogP contribution in [-0.2, 0) is 9.59 Å². The van der Waals surface area contributed by atoms with Crippen molar-refractivity contribution in [3.05, 3.63) is 28.5 Å². The van der Waals surface area contributed by atoms with E-state index in [0.717, 1.165) is 4.90 Å². The van der Waals surface area contributed by atoms with E-state index in [1.165, 1.54) is 13.1 Å². The topological polar surface area (TPSA) is 37.4 Å². The molecule has 0 aliphatic carbocycles. The number of aldehydes is 1. The van der Waals surface area contributed by atoms with Crippen molar-refractivity contribution in [2.75, 3.05) is 11.9 Å². The second kappa shape index (κ2) is 6.20. The second-order valence-electron chi connectivity index (χ2n) is 3.84. The smallest absolute Gasteiger partial charge is 0.240 e. The van der Waals surface area contributed by atoms with Crippen molar-refractivity contribution in [1.29, 1.82) is 0 Å². The van der Waals surface area contributed by atoms with Crippen LogP contribution < -0.4 is 4.90 Å². The Balaban J connectivity index is 3.04. The molecule has 0 spiro atoms. The number of aryl methyl sites for hydroxylation is 1. The first-order chi connectivity index (χ1) is 8.40. The summed E-state index contributed by atoms with van der Waals surface area (Å²) in [6.45, 7) is 1.67. The molecule has 0 aromatic heterocycles. The Hall–Kier alpha value is -1.07. The van der Waals surface area contributed by atoms with Crippen molar-refractivity contribution in [3.63, 3.8) is 0 Å². The predicted octanol–water partition coefficient (Wildman–Crippen LogP) is 2.64. The van der Waals surface area contributed by atoms with Crippen LogP contribution in [0.15, 0.2) is 12.1 Å². The fraction of sp³-hybridized carbons (Fsp3) is 0.333. The summed E-state index contributed by atoms with van der Waals surface area (Å²) in [5.74, 6) is -1.11. The summed E-state index contributed by atoms with van der Waals surface area (Å²) >= 11 is 9.78. The molecular formula is C12H13ClFNO2S. The molecule has 0 N–H and O–H groups in total. The molecule has 0 aliphatic rings. The highest BCUT2D eigenvalue weighted by Crippen LogP contribution is 2.28. The van der Waals surface area contributed by atoms with E-state index < -0.39 is 17.0 Å². The largest absolute Gasteiger partial charge is 0.312 e. The molecule has 0 radical (unpaired) electrons. The molecule has 0 bridgehead atoms. The lowest BCUT2D eigenvalue weighted by Crippen LogP contribution is -2.34. The lowest BCUT2D eigenvalue weighted by molar-refractivity contribution is -0.119. The quantitative estimate of drug-likeness (QED) is 0.683. The lowest BCUT2D eigenvalue weighted by Gasteiger charge is -2.21. The third kappa shape index (κ3) is 3.03. The van der Waals surface area contributed by atoms with Crippen LogP contribution >= 0.6 is 24.2 Å². The number of carbonyl (C=O) groups is 2. The fourth-order valence-corrected chi connectivity index (χ4v) is 1.85. The second-order valence-corrected chi connectivity index (χ2v) is 4.85. The maximum atomic E-state index is 13.9. The number of carbonyl (C=O) groups excluding carboxylic acids is 2. The number of rotatable bonds is 4. The number of amides is 1. The lowest BCUT2D eigenvalue weighted by atomic mass is 10.2. The maximum Gasteiger partial charge on any atom is 0.240 e. The minimum atomic E-state index is -0.785. The van der Waals surface area contributed by atoms with E-state index in [4.69, 9.17) is 11.6 Å². The van der Waals surface area contributed by atoms with Gasteiger partial charge in [-0.05, 0) is 18.6 Å². The molecule has 1 aromatic rings. The van der Waals surface area contributed by atoms with Gasteiger partial charge in [0.2, 0.25) is 5.91 Å². The molecule has 0 aliphatic heterocycles. The van der Waals surface area contributed by atoms with E-state index in [1.54, 1.807) is 13.0 Å². The summed E-state index contributed by atoms with van der Waals surface area (Å²) < 4.78 is 13.9. The van der Waals surface area contributed by atoms with E-state index in [0.29, 0.717) is 11.8 Å². The first-order valence-corrected chi connectivity index (χ1v) is 6.13. The number of hydrogen-bond donors (Lipinski definition) is 1. The van der Waals surface area contributed by atoms with Gasteiger partial charge in [0.15, 0.2) is 5.82 Å². The Bertz CT molecular complexity index is 481. The van der Waals surface area contributed by atoms with Crippen LogP contribution in [0.4, 0.5) is 10.1 Å². The Morgan fingerprint density at radius 3 is 2.78 bits per heavy atom. The van der Waals surface area contributed by atoms with Gasteiger partial charge >= 0.3 is 0 Å². The first kappa shape index (κ1) is 15.0. The fourth-order valence-electron chi connectivity index (χ4n) is 1.43. The monoisotopic (exact) mass is 289 g/mol. The summed E-state index contributed by atoms with van der Waals surface area (Å²) in [7, 11) is 1.42. The molecule has 3 nitrogen and oxygen atoms in total. The molecule has 1 aromatic carbocycles. The SMILES string of the molecule is Cc1ccc(N(C)C(=O)C(S)CC=O)c(F)c1Cl. The number of hydrogen-bond acceptors (Lipinski definition) is 3. The van der Waals surface area contributed by atoms with Gasteiger partial charge in [-0.15, -0.1) is 0 Å². The number of nitrogens with zero attached hydrogens (tertiary/aromatic N) is 1. The molecule has 0 heterocycles. The third-order valence-corrected chi connectivity index (χ3v) is 3.45. The van der Waals surface area contributed by atoms with Crippen LogP contribution in [0.3, 0.4) is 0 Å². The van der Waals surface area contributed by atoms with Gasteiger partial charge in [0.05, 0.1) is 16.0 Å². The number of halogens is 2. The summed E-state index contributed by atoms with van der Waals surface area (Å²) in [6.07, 6.45) is 0.579. The van der Waals surface area contributed by atoms with Crippen LogP contribution in [0.2, 0.25) is 5.02 Å². The van der Waals surface area contributed by atoms with Gasteiger partial charge in [-0.2, -0.15) is 12.6 Å². The van der Waals surface area contributed by atoms with E-state index in [9.17, 15) is 14.0 Å². The van der Waals surface area contributed by atoms with E-state index in [1.807, 2.05) is 0 Å². The Morgan fingerprint density at radius 2 is 2.22 bits per heavy atom. The van der Waals surface area contributed by atoms with Crippen LogP contribution in [-0.4, -0.2) is 24.5 Å². The molecule has 18 heavy (non-hydrogen) atoms. The van der Waals surface area contributed by atoms with E-state index >= 15 is 0 Å². The zero-order chi connectivity index (χ0) is 13.9. The summed E-state index contributed by atoms with van der Waals surface area (Å²) in [6, 6.07) is 3.09. The number of thiol groups is 1. The van der Waals surface area contributed by atoms with Gasteiger partial charge in [-0.3, -0.25) is 4.79 Å². The molecule has 1 atom stereocenters. The summed E-state index contributed by atoms with van der Waals surface area (Å²) in [4.78, 5) is 23.3. The molecular weight excluding hydrogens is 277 g/mol. The van der Waals surface area contributed by atoms with Crippen molar-refractivity contribution >= 4 is 42.1 Å². The van der Waals surface area contributed by atoms with Gasteiger partial charge in [0.1, 0.15) is 6.29 Å². The van der Waals surface area contributed by atoms with Crippen LogP contribution in [0, 0.1) is 12.7 Å². The summed E-state index contributed by atoms with van der Waals surface area (Å²) in [5, 5.41) is -0.801. The van der Waals surface area contributed by atoms with E-state index in [2.05, 4.69) is 12.6 Å². The molecule has 1 unspecified atom stereocenters. The maximum absolute atomic E-state index is 13.9. The van der Waals surface area contributed by atoms with Crippen molar-refractivity contribution < 1.29 is 14.0 Å². The normalized spacial score (nSPS) is 12.1. The van der Waals surface area contributed by atoms with Crippen molar-refractivity contribution in [1.82, 2.24) is 0 Å². The highest BCUT2D eigenvalue weighted by molar-refractivity contribution is 7.81. The van der Waals surface area contributed by atoms with Crippen molar-refractivity contribution in [2.45, 2.75) is 18.6 Å². The molecule has 1 amide bonds. The predicted molar refractivity (Wildman–Crippen MR) is 73.0 cm³/mol.